The molecule has 30 heavy (non-hydrogen) atoms. The highest BCUT2D eigenvalue weighted by Crippen LogP contribution is 2.41. The number of aryl methyl sites for hydroxylation is 1. The van der Waals surface area contributed by atoms with Crippen LogP contribution in [-0.2, 0) is 9.59 Å². The lowest BCUT2D eigenvalue weighted by Gasteiger charge is -2.24. The normalized spacial score (nSPS) is 20.3. The molecule has 1 aromatic carbocycles. The fourth-order valence-electron chi connectivity index (χ4n) is 3.70. The second-order valence-corrected chi connectivity index (χ2v) is 7.76. The zero-order chi connectivity index (χ0) is 21.4. The van der Waals surface area contributed by atoms with Gasteiger partial charge in [-0.25, -0.2) is 0 Å². The molecule has 2 N–H and O–H groups in total. The number of ether oxygens (including phenoxy) is 2. The molecule has 4 rings (SSSR count). The van der Waals surface area contributed by atoms with Crippen LogP contribution in [0, 0.1) is 6.92 Å². The van der Waals surface area contributed by atoms with Crippen LogP contribution in [0.4, 0.5) is 0 Å². The highest BCUT2D eigenvalue weighted by Gasteiger charge is 2.47. The number of carbonyl (C=O) groups is 2. The number of likely N-dealkylation sites (tertiary alicyclic amines) is 1. The van der Waals surface area contributed by atoms with Gasteiger partial charge in [0.1, 0.15) is 36.5 Å². The van der Waals surface area contributed by atoms with E-state index in [1.54, 1.807) is 37.3 Å². The number of nitrogens with zero attached hydrogens (tertiary/aromatic N) is 1. The van der Waals surface area contributed by atoms with Gasteiger partial charge in [-0.3, -0.25) is 9.59 Å². The van der Waals surface area contributed by atoms with Crippen LogP contribution in [0.2, 0.25) is 0 Å². The van der Waals surface area contributed by atoms with Gasteiger partial charge in [0.15, 0.2) is 11.5 Å². The van der Waals surface area contributed by atoms with Crippen molar-refractivity contribution in [1.82, 2.24) is 4.90 Å². The number of nitrogens with one attached hydrogen (secondary N) is 1. The molecule has 0 radical (unpaired) electrons. The maximum atomic E-state index is 12.9. The summed E-state index contributed by atoms with van der Waals surface area (Å²) >= 11 is 0. The minimum Gasteiger partial charge on any atom is -0.507 e. The first-order valence-electron chi connectivity index (χ1n) is 9.90. The third-order valence-corrected chi connectivity index (χ3v) is 5.24. The van der Waals surface area contributed by atoms with Gasteiger partial charge in [0, 0.05) is 5.56 Å². The fraction of sp³-hybridized carbons (Fsp3) is 0.364. The van der Waals surface area contributed by atoms with Gasteiger partial charge in [-0.05, 0) is 37.3 Å². The summed E-state index contributed by atoms with van der Waals surface area (Å²) in [7, 11) is 3.94. The number of carbonyl (C=O) groups excluding carboxylic acids is 2. The third kappa shape index (κ3) is 3.54. The van der Waals surface area contributed by atoms with Crippen LogP contribution in [0.3, 0.4) is 0 Å². The van der Waals surface area contributed by atoms with E-state index in [1.165, 1.54) is 4.90 Å². The number of aliphatic hydroxyl groups is 1. The van der Waals surface area contributed by atoms with E-state index in [4.69, 9.17) is 13.9 Å². The Morgan fingerprint density at radius 1 is 1.13 bits per heavy atom. The standard InChI is InChI=1S/C22H24N2O6/c1-13-4-6-16(30-13)19-18(21(26)22(27)24(19)9-8-23(2)3)20(25)14-5-7-15-17(12-14)29-11-10-28-15/h4-7,12,19,25H,8-11H2,1-3H3/p+1/t19-/m1/s1. The Labute approximate surface area is 174 Å². The summed E-state index contributed by atoms with van der Waals surface area (Å²) in [5.41, 5.74) is 0.392. The van der Waals surface area contributed by atoms with Gasteiger partial charge in [-0.1, -0.05) is 0 Å². The first kappa shape index (κ1) is 20.0. The number of rotatable bonds is 5. The molecule has 3 heterocycles. The molecular weight excluding hydrogens is 388 g/mol. The number of hydrogen-bond donors (Lipinski definition) is 2. The molecule has 0 saturated carbocycles. The molecule has 1 saturated heterocycles. The monoisotopic (exact) mass is 413 g/mol. The Balaban J connectivity index is 1.80. The summed E-state index contributed by atoms with van der Waals surface area (Å²) in [6.45, 7) is 3.65. The predicted molar refractivity (Wildman–Crippen MR) is 108 cm³/mol. The lowest BCUT2D eigenvalue weighted by atomic mass is 9.99. The van der Waals surface area contributed by atoms with E-state index in [0.717, 1.165) is 4.90 Å². The number of benzene rings is 1. The van der Waals surface area contributed by atoms with Crippen molar-refractivity contribution in [3.05, 3.63) is 53.0 Å². The van der Waals surface area contributed by atoms with Crippen LogP contribution in [-0.4, -0.2) is 62.1 Å². The van der Waals surface area contributed by atoms with E-state index >= 15 is 0 Å². The summed E-state index contributed by atoms with van der Waals surface area (Å²) < 4.78 is 16.9. The van der Waals surface area contributed by atoms with Gasteiger partial charge in [-0.2, -0.15) is 0 Å². The summed E-state index contributed by atoms with van der Waals surface area (Å²) in [5.74, 6) is 0.535. The van der Waals surface area contributed by atoms with Crippen molar-refractivity contribution >= 4 is 17.4 Å². The number of ketones is 1. The predicted octanol–water partition coefficient (Wildman–Crippen LogP) is 0.925. The molecule has 1 aromatic heterocycles. The number of hydrogen-bond acceptors (Lipinski definition) is 6. The zero-order valence-electron chi connectivity index (χ0n) is 17.2. The van der Waals surface area contributed by atoms with Crippen molar-refractivity contribution in [2.75, 3.05) is 40.4 Å². The Morgan fingerprint density at radius 3 is 2.53 bits per heavy atom. The van der Waals surface area contributed by atoms with Crippen molar-refractivity contribution in [1.29, 1.82) is 0 Å². The molecule has 2 aliphatic heterocycles. The molecule has 0 bridgehead atoms. The van der Waals surface area contributed by atoms with Gasteiger partial charge in [0.25, 0.3) is 11.7 Å². The summed E-state index contributed by atoms with van der Waals surface area (Å²) in [6.07, 6.45) is 0. The molecule has 0 aliphatic carbocycles. The quantitative estimate of drug-likeness (QED) is 0.430. The number of aliphatic hydroxyl groups excluding tert-OH is 1. The van der Waals surface area contributed by atoms with Gasteiger partial charge < -0.3 is 28.8 Å². The molecule has 158 valence electrons. The van der Waals surface area contributed by atoms with Gasteiger partial charge in [0.05, 0.1) is 32.8 Å². The summed E-state index contributed by atoms with van der Waals surface area (Å²) in [6, 6.07) is 7.67. The number of Topliss-reactive ketones (excluding diaryl/α,β-unsaturated/α-hetero) is 1. The average Bonchev–Trinajstić information content (AvgIpc) is 3.26. The highest BCUT2D eigenvalue weighted by molar-refractivity contribution is 6.46. The third-order valence-electron chi connectivity index (χ3n) is 5.24. The van der Waals surface area contributed by atoms with E-state index in [0.29, 0.717) is 54.9 Å². The smallest absolute Gasteiger partial charge is 0.295 e. The molecule has 0 spiro atoms. The van der Waals surface area contributed by atoms with E-state index in [2.05, 4.69) is 0 Å². The van der Waals surface area contributed by atoms with Crippen molar-refractivity contribution in [2.24, 2.45) is 0 Å². The maximum absolute atomic E-state index is 12.9. The van der Waals surface area contributed by atoms with Crippen LogP contribution in [0.15, 0.2) is 40.3 Å². The van der Waals surface area contributed by atoms with E-state index < -0.39 is 17.7 Å². The second kappa shape index (κ2) is 7.87. The summed E-state index contributed by atoms with van der Waals surface area (Å²) in [4.78, 5) is 28.4. The Bertz CT molecular complexity index is 1020. The number of likely N-dealkylation sites (N-methyl/N-ethyl adjacent to an activating group) is 1. The van der Waals surface area contributed by atoms with E-state index in [-0.39, 0.29) is 11.3 Å². The van der Waals surface area contributed by atoms with Crippen LogP contribution < -0.4 is 14.4 Å². The largest absolute Gasteiger partial charge is 0.507 e. The number of furan rings is 1. The Kier molecular flexibility index (Phi) is 5.26. The lowest BCUT2D eigenvalue weighted by molar-refractivity contribution is -0.857. The van der Waals surface area contributed by atoms with Crippen LogP contribution in [0.5, 0.6) is 11.5 Å². The highest BCUT2D eigenvalue weighted by atomic mass is 16.6. The SMILES string of the molecule is Cc1ccc([C@@H]2C(=C(O)c3ccc4c(c3)OCCO4)C(=O)C(=O)N2CC[NH+](C)C)o1. The second-order valence-electron chi connectivity index (χ2n) is 7.76. The van der Waals surface area contributed by atoms with Crippen LogP contribution in [0.1, 0.15) is 23.1 Å². The fourth-order valence-corrected chi connectivity index (χ4v) is 3.70. The lowest BCUT2D eigenvalue weighted by Crippen LogP contribution is -3.06. The topological polar surface area (TPSA) is 93.6 Å². The van der Waals surface area contributed by atoms with Crippen molar-refractivity contribution in [2.45, 2.75) is 13.0 Å². The number of quaternary nitrogens is 1. The minimum absolute atomic E-state index is 0.0137. The van der Waals surface area contributed by atoms with Crippen molar-refractivity contribution in [3.63, 3.8) is 0 Å². The van der Waals surface area contributed by atoms with Crippen LogP contribution in [0.25, 0.3) is 5.76 Å². The van der Waals surface area contributed by atoms with Gasteiger partial charge in [-0.15, -0.1) is 0 Å². The molecule has 2 aromatic rings. The number of amides is 1. The van der Waals surface area contributed by atoms with Crippen molar-refractivity contribution < 1.29 is 33.5 Å². The average molecular weight is 413 g/mol. The first-order chi connectivity index (χ1) is 14.4. The molecule has 2 aliphatic rings. The minimum atomic E-state index is -0.786. The Morgan fingerprint density at radius 2 is 1.87 bits per heavy atom. The van der Waals surface area contributed by atoms with Gasteiger partial charge >= 0.3 is 0 Å². The summed E-state index contributed by atoms with van der Waals surface area (Å²) in [5, 5.41) is 11.1. The van der Waals surface area contributed by atoms with Crippen molar-refractivity contribution in [3.8, 4) is 11.5 Å². The number of fused-ring (bicyclic) bond motifs is 1. The van der Waals surface area contributed by atoms with Gasteiger partial charge in [0.2, 0.25) is 0 Å². The van der Waals surface area contributed by atoms with Crippen LogP contribution >= 0.6 is 0 Å². The molecule has 8 heteroatoms. The van der Waals surface area contributed by atoms with E-state index in [1.807, 2.05) is 14.1 Å². The molecule has 1 fully saturated rings. The van der Waals surface area contributed by atoms with E-state index in [9.17, 15) is 14.7 Å². The molecule has 0 unspecified atom stereocenters. The molecule has 1 atom stereocenters. The maximum Gasteiger partial charge on any atom is 0.295 e. The Hall–Kier alpha value is -3.26. The zero-order valence-corrected chi connectivity index (χ0v) is 17.2. The first-order valence-corrected chi connectivity index (χ1v) is 9.90. The molecule has 1 amide bonds. The molecule has 8 nitrogen and oxygen atoms in total. The molecular formula is C22H25N2O6+.